The summed E-state index contributed by atoms with van der Waals surface area (Å²) in [5, 5.41) is 45.6. The number of ketones is 1. The molecule has 2 unspecified atom stereocenters. The molecule has 2 fully saturated rings. The topological polar surface area (TPSA) is 196 Å². The van der Waals surface area contributed by atoms with Crippen LogP contribution < -0.4 is 16.4 Å². The first-order valence-electron chi connectivity index (χ1n) is 13.3. The second-order valence-corrected chi connectivity index (χ2v) is 11.4. The van der Waals surface area contributed by atoms with E-state index >= 15 is 0 Å². The van der Waals surface area contributed by atoms with Crippen LogP contribution >= 0.6 is 0 Å². The van der Waals surface area contributed by atoms with E-state index in [2.05, 4.69) is 4.98 Å². The highest BCUT2D eigenvalue weighted by Gasteiger charge is 2.79. The first-order chi connectivity index (χ1) is 18.3. The quantitative estimate of drug-likeness (QED) is 0.276. The van der Waals surface area contributed by atoms with Crippen molar-refractivity contribution in [3.05, 3.63) is 34.2 Å². The van der Waals surface area contributed by atoms with E-state index in [1.165, 1.54) is 6.20 Å². The van der Waals surface area contributed by atoms with Crippen molar-refractivity contribution in [1.82, 2.24) is 9.88 Å². The number of aliphatic hydroxyl groups is 3. The van der Waals surface area contributed by atoms with Crippen LogP contribution in [0, 0.1) is 5.92 Å². The number of nitrogens with two attached hydrogens (primary N) is 2. The lowest BCUT2D eigenvalue weighted by molar-refractivity contribution is -0.308. The molecule has 12 heteroatoms. The van der Waals surface area contributed by atoms with Gasteiger partial charge in [0.15, 0.2) is 17.0 Å². The van der Waals surface area contributed by atoms with Crippen molar-refractivity contribution in [2.75, 3.05) is 38.7 Å². The standard InChI is InChI=1S/C27H37N5O7/c1-5-7-32(8-6-2)19-14-10-25(29)9-13-16(15(33)11-30-24(13)31(3)4)20(34)17(25)22(36)27(14)26(38,12-39-27)18(21(19)35)23(28)37/h11,14,19,33-35,38H,5-10,12,29H2,1-4H3,(H2,28,37)/t14-,19-,25?,26?,27-/m0/s1. The fourth-order valence-electron chi connectivity index (χ4n) is 7.41. The molecule has 8 N–H and O–H groups in total. The van der Waals surface area contributed by atoms with Crippen LogP contribution in [0.15, 0.2) is 23.1 Å². The van der Waals surface area contributed by atoms with E-state index in [0.29, 0.717) is 24.5 Å². The van der Waals surface area contributed by atoms with Gasteiger partial charge in [-0.2, -0.15) is 0 Å². The van der Waals surface area contributed by atoms with E-state index < -0.39 is 58.3 Å². The van der Waals surface area contributed by atoms with Crippen LogP contribution in [0.3, 0.4) is 0 Å². The number of hydrogen-bond donors (Lipinski definition) is 6. The minimum absolute atomic E-state index is 0.0209. The molecular formula is C27H37N5O7. The van der Waals surface area contributed by atoms with E-state index in [9.17, 15) is 30.0 Å². The van der Waals surface area contributed by atoms with Crippen LogP contribution in [-0.2, 0) is 20.7 Å². The van der Waals surface area contributed by atoms with Crippen molar-refractivity contribution in [2.24, 2.45) is 17.4 Å². The summed E-state index contributed by atoms with van der Waals surface area (Å²) in [6.07, 6.45) is 2.70. The maximum Gasteiger partial charge on any atom is 0.251 e. The van der Waals surface area contributed by atoms with E-state index in [-0.39, 0.29) is 35.5 Å². The van der Waals surface area contributed by atoms with Gasteiger partial charge in [0.25, 0.3) is 5.91 Å². The summed E-state index contributed by atoms with van der Waals surface area (Å²) in [7, 11) is 3.53. The van der Waals surface area contributed by atoms with E-state index in [1.807, 2.05) is 18.7 Å². The van der Waals surface area contributed by atoms with Gasteiger partial charge in [-0.1, -0.05) is 13.8 Å². The van der Waals surface area contributed by atoms with Gasteiger partial charge in [0.1, 0.15) is 23.1 Å². The van der Waals surface area contributed by atoms with Crippen LogP contribution in [0.5, 0.6) is 5.75 Å². The molecule has 3 aliphatic carbocycles. The monoisotopic (exact) mass is 543 g/mol. The zero-order valence-electron chi connectivity index (χ0n) is 22.7. The number of nitrogens with zero attached hydrogens (tertiary/aromatic N) is 3. The average Bonchev–Trinajstić information content (AvgIpc) is 2.82. The molecule has 2 heterocycles. The van der Waals surface area contributed by atoms with Crippen molar-refractivity contribution in [3.63, 3.8) is 0 Å². The molecule has 5 rings (SSSR count). The summed E-state index contributed by atoms with van der Waals surface area (Å²) in [4.78, 5) is 35.2. The number of amides is 1. The molecule has 1 spiro atoms. The molecule has 1 amide bonds. The zero-order valence-corrected chi connectivity index (χ0v) is 22.7. The molecular weight excluding hydrogens is 506 g/mol. The van der Waals surface area contributed by atoms with Gasteiger partial charge in [-0.15, -0.1) is 0 Å². The van der Waals surface area contributed by atoms with Crippen molar-refractivity contribution in [2.45, 2.75) is 62.3 Å². The number of aromatic hydroxyl groups is 1. The van der Waals surface area contributed by atoms with Gasteiger partial charge in [-0.3, -0.25) is 14.5 Å². The molecule has 212 valence electrons. The molecule has 1 aliphatic heterocycles. The SMILES string of the molecule is CCCN(CCC)[C@@H]1C(O)=C(C(N)=O)C2(O)CO[C@@]23C(=O)C2=C(O)c4c(O)cnc(N(C)C)c4CC2(N)C[C@@H]13. The van der Waals surface area contributed by atoms with Crippen molar-refractivity contribution < 1.29 is 34.8 Å². The second-order valence-electron chi connectivity index (χ2n) is 11.4. The first-order valence-corrected chi connectivity index (χ1v) is 13.3. The lowest BCUT2D eigenvalue weighted by atomic mass is 9.48. The molecule has 1 saturated carbocycles. The molecule has 1 saturated heterocycles. The maximum absolute atomic E-state index is 14.5. The molecule has 1 aromatic rings. The number of hydrogen-bond acceptors (Lipinski definition) is 11. The Kier molecular flexibility index (Phi) is 6.26. The van der Waals surface area contributed by atoms with Gasteiger partial charge >= 0.3 is 0 Å². The normalized spacial score (nSPS) is 33.3. The highest BCUT2D eigenvalue weighted by Crippen LogP contribution is 2.62. The third kappa shape index (κ3) is 3.35. The van der Waals surface area contributed by atoms with Crippen LogP contribution in [0.4, 0.5) is 5.82 Å². The zero-order chi connectivity index (χ0) is 28.7. The second kappa shape index (κ2) is 8.91. The van der Waals surface area contributed by atoms with Crippen LogP contribution in [-0.4, -0.2) is 98.6 Å². The summed E-state index contributed by atoms with van der Waals surface area (Å²) in [6.45, 7) is 4.58. The molecule has 39 heavy (non-hydrogen) atoms. The Morgan fingerprint density at radius 3 is 2.36 bits per heavy atom. The maximum atomic E-state index is 14.5. The summed E-state index contributed by atoms with van der Waals surface area (Å²) in [5.74, 6) is -3.47. The third-order valence-electron chi connectivity index (χ3n) is 8.81. The number of pyridine rings is 1. The molecule has 1 aromatic heterocycles. The smallest absolute Gasteiger partial charge is 0.251 e. The minimum atomic E-state index is -2.21. The Morgan fingerprint density at radius 2 is 1.85 bits per heavy atom. The van der Waals surface area contributed by atoms with Crippen LogP contribution in [0.25, 0.3) is 5.76 Å². The van der Waals surface area contributed by atoms with Gasteiger partial charge < -0.3 is 41.5 Å². The third-order valence-corrected chi connectivity index (χ3v) is 8.81. The number of ether oxygens (including phenoxy) is 1. The Balaban J connectivity index is 1.79. The molecule has 0 aromatic carbocycles. The Morgan fingerprint density at radius 1 is 1.21 bits per heavy atom. The highest BCUT2D eigenvalue weighted by molar-refractivity contribution is 6.14. The molecule has 0 radical (unpaired) electrons. The Hall–Kier alpha value is -3.19. The molecule has 0 bridgehead atoms. The number of aliphatic hydroxyl groups excluding tert-OH is 2. The molecule has 4 aliphatic rings. The van der Waals surface area contributed by atoms with Gasteiger partial charge in [0.05, 0.1) is 41.1 Å². The van der Waals surface area contributed by atoms with Crippen molar-refractivity contribution in [1.29, 1.82) is 0 Å². The molecule has 5 atom stereocenters. The predicted octanol–water partition coefficient (Wildman–Crippen LogP) is 0.267. The number of Topliss-reactive ketones (excluding diaryl/α,β-unsaturated/α-hetero) is 1. The van der Waals surface area contributed by atoms with E-state index in [0.717, 1.165) is 12.8 Å². The number of fused-ring (bicyclic) bond motifs is 2. The summed E-state index contributed by atoms with van der Waals surface area (Å²) >= 11 is 0. The number of carbonyl (C=O) groups is 2. The van der Waals surface area contributed by atoms with Gasteiger partial charge in [-0.05, 0) is 38.8 Å². The molecule has 12 nitrogen and oxygen atoms in total. The number of rotatable bonds is 7. The van der Waals surface area contributed by atoms with Gasteiger partial charge in [-0.25, -0.2) is 4.98 Å². The average molecular weight is 544 g/mol. The number of anilines is 1. The first kappa shape index (κ1) is 27.4. The summed E-state index contributed by atoms with van der Waals surface area (Å²) in [5.41, 5.74) is 6.87. The Bertz CT molecular complexity index is 1320. The van der Waals surface area contributed by atoms with Crippen molar-refractivity contribution >= 4 is 23.3 Å². The van der Waals surface area contributed by atoms with E-state index in [4.69, 9.17) is 16.2 Å². The summed E-state index contributed by atoms with van der Waals surface area (Å²) < 4.78 is 5.97. The summed E-state index contributed by atoms with van der Waals surface area (Å²) in [6, 6.07) is -0.891. The fourth-order valence-corrected chi connectivity index (χ4v) is 7.41. The minimum Gasteiger partial charge on any atom is -0.510 e. The van der Waals surface area contributed by atoms with Crippen LogP contribution in [0.1, 0.15) is 44.2 Å². The number of primary amides is 1. The predicted molar refractivity (Wildman–Crippen MR) is 142 cm³/mol. The lowest BCUT2D eigenvalue weighted by Gasteiger charge is -2.66. The fraction of sp³-hybridized carbons (Fsp3) is 0.593. The van der Waals surface area contributed by atoms with Gasteiger partial charge in [0, 0.05) is 25.6 Å². The van der Waals surface area contributed by atoms with Crippen LogP contribution in [0.2, 0.25) is 0 Å². The largest absolute Gasteiger partial charge is 0.510 e. The van der Waals surface area contributed by atoms with Crippen molar-refractivity contribution in [3.8, 4) is 5.75 Å². The lowest BCUT2D eigenvalue weighted by Crippen LogP contribution is -2.85. The van der Waals surface area contributed by atoms with E-state index in [1.54, 1.807) is 19.0 Å². The number of carbonyl (C=O) groups excluding carboxylic acids is 2. The highest BCUT2D eigenvalue weighted by atomic mass is 16.6. The van der Waals surface area contributed by atoms with Gasteiger partial charge in [0.2, 0.25) is 0 Å². The Labute approximate surface area is 226 Å². The number of aromatic nitrogens is 1.